The fraction of sp³-hybridized carbons (Fsp3) is 0.133. The molecular formula is C15H13Cl2NO2. The molecule has 0 saturated heterocycles. The zero-order valence-electron chi connectivity index (χ0n) is 11.0. The van der Waals surface area contributed by atoms with Crippen LogP contribution in [0, 0.1) is 13.8 Å². The number of nitrogens with one attached hydrogen (secondary N) is 1. The molecule has 0 aliphatic rings. The Morgan fingerprint density at radius 3 is 2.35 bits per heavy atom. The quantitative estimate of drug-likeness (QED) is 0.798. The molecule has 0 radical (unpaired) electrons. The van der Waals surface area contributed by atoms with Gasteiger partial charge in [-0.1, -0.05) is 23.2 Å². The van der Waals surface area contributed by atoms with Crippen LogP contribution in [0.1, 0.15) is 21.5 Å². The first-order chi connectivity index (χ1) is 9.38. The number of carbonyl (C=O) groups is 1. The molecule has 2 aromatic carbocycles. The van der Waals surface area contributed by atoms with Crippen LogP contribution in [0.25, 0.3) is 0 Å². The number of benzene rings is 2. The number of anilines is 1. The van der Waals surface area contributed by atoms with Crippen molar-refractivity contribution in [2.75, 3.05) is 5.32 Å². The Kier molecular flexibility index (Phi) is 4.21. The summed E-state index contributed by atoms with van der Waals surface area (Å²) in [5.41, 5.74) is 2.67. The average Bonchev–Trinajstić information content (AvgIpc) is 2.39. The van der Waals surface area contributed by atoms with Crippen LogP contribution in [0.3, 0.4) is 0 Å². The number of halogens is 2. The molecule has 0 atom stereocenters. The minimum atomic E-state index is -0.359. The van der Waals surface area contributed by atoms with Crippen molar-refractivity contribution in [3.05, 3.63) is 57.1 Å². The molecule has 3 nitrogen and oxygen atoms in total. The summed E-state index contributed by atoms with van der Waals surface area (Å²) in [6, 6.07) is 7.94. The van der Waals surface area contributed by atoms with Crippen molar-refractivity contribution >= 4 is 34.8 Å². The van der Waals surface area contributed by atoms with Crippen molar-refractivity contribution in [2.24, 2.45) is 0 Å². The summed E-state index contributed by atoms with van der Waals surface area (Å²) in [6.07, 6.45) is 0. The van der Waals surface area contributed by atoms with E-state index in [9.17, 15) is 9.90 Å². The maximum Gasteiger partial charge on any atom is 0.255 e. The van der Waals surface area contributed by atoms with E-state index in [1.54, 1.807) is 24.3 Å². The third-order valence-electron chi connectivity index (χ3n) is 3.04. The van der Waals surface area contributed by atoms with E-state index in [4.69, 9.17) is 23.2 Å². The highest BCUT2D eigenvalue weighted by molar-refractivity contribution is 6.42. The molecule has 2 rings (SSSR count). The van der Waals surface area contributed by atoms with E-state index >= 15 is 0 Å². The van der Waals surface area contributed by atoms with E-state index < -0.39 is 0 Å². The van der Waals surface area contributed by atoms with Crippen LogP contribution < -0.4 is 5.32 Å². The summed E-state index contributed by atoms with van der Waals surface area (Å²) in [4.78, 5) is 12.1. The lowest BCUT2D eigenvalue weighted by atomic mass is 10.1. The zero-order valence-corrected chi connectivity index (χ0v) is 12.5. The number of phenols is 1. The van der Waals surface area contributed by atoms with Crippen molar-refractivity contribution in [1.29, 1.82) is 0 Å². The van der Waals surface area contributed by atoms with E-state index in [2.05, 4.69) is 5.32 Å². The number of aryl methyl sites for hydroxylation is 2. The van der Waals surface area contributed by atoms with Gasteiger partial charge in [-0.3, -0.25) is 4.79 Å². The first-order valence-electron chi connectivity index (χ1n) is 5.95. The maximum atomic E-state index is 12.1. The molecular weight excluding hydrogens is 297 g/mol. The Morgan fingerprint density at radius 1 is 1.05 bits per heavy atom. The number of phenolic OH excluding ortho intramolecular Hbond substituents is 1. The highest BCUT2D eigenvalue weighted by atomic mass is 35.5. The second kappa shape index (κ2) is 5.73. The third kappa shape index (κ3) is 3.06. The van der Waals surface area contributed by atoms with E-state index in [1.165, 1.54) is 6.07 Å². The molecule has 0 heterocycles. The zero-order chi connectivity index (χ0) is 14.9. The smallest absolute Gasteiger partial charge is 0.255 e. The van der Waals surface area contributed by atoms with Crippen molar-refractivity contribution in [3.63, 3.8) is 0 Å². The summed E-state index contributed by atoms with van der Waals surface area (Å²) >= 11 is 11.7. The number of hydrogen-bond acceptors (Lipinski definition) is 2. The van der Waals surface area contributed by atoms with Gasteiger partial charge in [-0.15, -0.1) is 0 Å². The molecule has 0 saturated carbocycles. The standard InChI is InChI=1S/C15H13Cl2NO2/c1-8-5-13(14(19)6-9(8)2)18-15(20)10-3-4-11(16)12(17)7-10/h3-7,19H,1-2H3,(H,18,20). The number of aromatic hydroxyl groups is 1. The van der Waals surface area contributed by atoms with Crippen LogP contribution >= 0.6 is 23.2 Å². The molecule has 5 heteroatoms. The predicted octanol–water partition coefficient (Wildman–Crippen LogP) is 4.57. The van der Waals surface area contributed by atoms with Gasteiger partial charge in [-0.25, -0.2) is 0 Å². The van der Waals surface area contributed by atoms with Gasteiger partial charge in [0.15, 0.2) is 0 Å². The maximum absolute atomic E-state index is 12.1. The molecule has 0 bridgehead atoms. The van der Waals surface area contributed by atoms with Crippen molar-refractivity contribution in [1.82, 2.24) is 0 Å². The topological polar surface area (TPSA) is 49.3 Å². The Balaban J connectivity index is 2.27. The normalized spacial score (nSPS) is 10.4. The Morgan fingerprint density at radius 2 is 1.70 bits per heavy atom. The van der Waals surface area contributed by atoms with E-state index in [0.717, 1.165) is 11.1 Å². The summed E-state index contributed by atoms with van der Waals surface area (Å²) in [5, 5.41) is 13.2. The lowest BCUT2D eigenvalue weighted by Crippen LogP contribution is -2.12. The van der Waals surface area contributed by atoms with Gasteiger partial charge in [0.2, 0.25) is 0 Å². The van der Waals surface area contributed by atoms with E-state index in [1.807, 2.05) is 13.8 Å². The van der Waals surface area contributed by atoms with Gasteiger partial charge in [0.05, 0.1) is 15.7 Å². The minimum Gasteiger partial charge on any atom is -0.506 e. The molecule has 0 spiro atoms. The molecule has 0 fully saturated rings. The van der Waals surface area contributed by atoms with Crippen LogP contribution in [-0.4, -0.2) is 11.0 Å². The SMILES string of the molecule is Cc1cc(O)c(NC(=O)c2ccc(Cl)c(Cl)c2)cc1C. The highest BCUT2D eigenvalue weighted by Crippen LogP contribution is 2.28. The van der Waals surface area contributed by atoms with Gasteiger partial charge >= 0.3 is 0 Å². The second-order valence-electron chi connectivity index (χ2n) is 4.54. The van der Waals surface area contributed by atoms with Gasteiger partial charge < -0.3 is 10.4 Å². The highest BCUT2D eigenvalue weighted by Gasteiger charge is 2.11. The first kappa shape index (κ1) is 14.7. The molecule has 104 valence electrons. The molecule has 0 aliphatic carbocycles. The second-order valence-corrected chi connectivity index (χ2v) is 5.35. The Labute approximate surface area is 127 Å². The summed E-state index contributed by atoms with van der Waals surface area (Å²) < 4.78 is 0. The number of carbonyl (C=O) groups excluding carboxylic acids is 1. The Bertz CT molecular complexity index is 684. The Hall–Kier alpha value is -1.71. The minimum absolute atomic E-state index is 0.0292. The lowest BCUT2D eigenvalue weighted by Gasteiger charge is -2.10. The van der Waals surface area contributed by atoms with Gasteiger partial charge in [0, 0.05) is 5.56 Å². The first-order valence-corrected chi connectivity index (χ1v) is 6.70. The molecule has 0 aromatic heterocycles. The van der Waals surface area contributed by atoms with Crippen LogP contribution in [0.4, 0.5) is 5.69 Å². The van der Waals surface area contributed by atoms with Crippen LogP contribution in [0.2, 0.25) is 10.0 Å². The van der Waals surface area contributed by atoms with E-state index in [-0.39, 0.29) is 11.7 Å². The van der Waals surface area contributed by atoms with Gasteiger partial charge in [-0.2, -0.15) is 0 Å². The van der Waals surface area contributed by atoms with Gasteiger partial charge in [-0.05, 0) is 55.3 Å². The van der Waals surface area contributed by atoms with Gasteiger partial charge in [0.25, 0.3) is 5.91 Å². The lowest BCUT2D eigenvalue weighted by molar-refractivity contribution is 0.102. The van der Waals surface area contributed by atoms with Crippen molar-refractivity contribution in [2.45, 2.75) is 13.8 Å². The molecule has 0 unspecified atom stereocenters. The fourth-order valence-corrected chi connectivity index (χ4v) is 2.03. The fourth-order valence-electron chi connectivity index (χ4n) is 1.73. The number of hydrogen-bond donors (Lipinski definition) is 2. The molecule has 1 amide bonds. The molecule has 0 aliphatic heterocycles. The average molecular weight is 310 g/mol. The predicted molar refractivity (Wildman–Crippen MR) is 82.0 cm³/mol. The number of amides is 1. The molecule has 2 N–H and O–H groups in total. The molecule has 2 aromatic rings. The van der Waals surface area contributed by atoms with Crippen LogP contribution in [0.5, 0.6) is 5.75 Å². The number of rotatable bonds is 2. The third-order valence-corrected chi connectivity index (χ3v) is 3.78. The summed E-state index contributed by atoms with van der Waals surface area (Å²) in [7, 11) is 0. The van der Waals surface area contributed by atoms with Crippen molar-refractivity contribution < 1.29 is 9.90 Å². The van der Waals surface area contributed by atoms with Crippen LogP contribution in [-0.2, 0) is 0 Å². The monoisotopic (exact) mass is 309 g/mol. The van der Waals surface area contributed by atoms with Crippen molar-refractivity contribution in [3.8, 4) is 5.75 Å². The summed E-state index contributed by atoms with van der Waals surface area (Å²) in [6.45, 7) is 3.79. The molecule has 20 heavy (non-hydrogen) atoms. The van der Waals surface area contributed by atoms with Crippen LogP contribution in [0.15, 0.2) is 30.3 Å². The van der Waals surface area contributed by atoms with E-state index in [0.29, 0.717) is 21.3 Å². The van der Waals surface area contributed by atoms with Gasteiger partial charge in [0.1, 0.15) is 5.75 Å². The summed E-state index contributed by atoms with van der Waals surface area (Å²) in [5.74, 6) is -0.330. The largest absolute Gasteiger partial charge is 0.506 e.